The molecule has 0 aliphatic carbocycles. The lowest BCUT2D eigenvalue weighted by molar-refractivity contribution is -0.160. The second kappa shape index (κ2) is 4.20. The Bertz CT molecular complexity index is 466. The molecular weight excluding hydrogens is 220 g/mol. The molecule has 0 fully saturated rings. The molecule has 1 aromatic carbocycles. The summed E-state index contributed by atoms with van der Waals surface area (Å²) in [5, 5.41) is 0. The van der Waals surface area contributed by atoms with E-state index in [1.165, 1.54) is 0 Å². The Labute approximate surface area is 99.5 Å². The third-order valence-corrected chi connectivity index (χ3v) is 2.73. The van der Waals surface area contributed by atoms with Gasteiger partial charge in [0.05, 0.1) is 18.6 Å². The quantitative estimate of drug-likeness (QED) is 0.734. The molecule has 1 atom stereocenters. The minimum Gasteiger partial charge on any atom is -0.475 e. The van der Waals surface area contributed by atoms with E-state index in [0.29, 0.717) is 11.3 Å². The highest BCUT2D eigenvalue weighted by Crippen LogP contribution is 2.33. The molecule has 4 heteroatoms. The van der Waals surface area contributed by atoms with Crippen molar-refractivity contribution in [1.82, 2.24) is 0 Å². The normalized spacial score (nSPS) is 22.6. The van der Waals surface area contributed by atoms with E-state index in [9.17, 15) is 9.59 Å². The minimum atomic E-state index is -1.21. The van der Waals surface area contributed by atoms with Gasteiger partial charge in [0.25, 0.3) is 0 Å². The number of fused-ring (bicyclic) bond motifs is 1. The van der Waals surface area contributed by atoms with E-state index in [1.54, 1.807) is 38.1 Å². The van der Waals surface area contributed by atoms with E-state index in [0.717, 1.165) is 0 Å². The number of ketones is 1. The maximum atomic E-state index is 11.9. The summed E-state index contributed by atoms with van der Waals surface area (Å²) in [6.07, 6.45) is 0.0167. The first-order valence-corrected chi connectivity index (χ1v) is 5.55. The molecule has 1 aliphatic heterocycles. The van der Waals surface area contributed by atoms with Crippen LogP contribution in [-0.4, -0.2) is 24.0 Å². The molecule has 0 saturated carbocycles. The van der Waals surface area contributed by atoms with Crippen LogP contribution in [0.5, 0.6) is 5.75 Å². The highest BCUT2D eigenvalue weighted by molar-refractivity contribution is 6.03. The molecule has 0 spiro atoms. The first kappa shape index (κ1) is 11.6. The lowest BCUT2D eigenvalue weighted by Crippen LogP contribution is -2.47. The fourth-order valence-corrected chi connectivity index (χ4v) is 1.86. The fraction of sp³-hybridized carbons (Fsp3) is 0.385. The third-order valence-electron chi connectivity index (χ3n) is 2.73. The van der Waals surface area contributed by atoms with Crippen LogP contribution in [0.1, 0.15) is 30.6 Å². The second-order valence-electron chi connectivity index (χ2n) is 4.15. The van der Waals surface area contributed by atoms with Gasteiger partial charge in [-0.2, -0.15) is 0 Å². The van der Waals surface area contributed by atoms with Crippen molar-refractivity contribution >= 4 is 11.8 Å². The number of para-hydroxylation sites is 1. The zero-order valence-corrected chi connectivity index (χ0v) is 9.86. The third kappa shape index (κ3) is 2.02. The van der Waals surface area contributed by atoms with Gasteiger partial charge < -0.3 is 9.47 Å². The average Bonchev–Trinajstić information content (AvgIpc) is 2.29. The van der Waals surface area contributed by atoms with Crippen LogP contribution in [0.4, 0.5) is 0 Å². The largest absolute Gasteiger partial charge is 0.475 e. The van der Waals surface area contributed by atoms with Gasteiger partial charge in [-0.1, -0.05) is 12.1 Å². The SMILES string of the molecule is CCOC(=O)C1(C)CC(=O)c2ccccc2O1. The molecule has 1 unspecified atom stereocenters. The van der Waals surface area contributed by atoms with E-state index in [4.69, 9.17) is 9.47 Å². The summed E-state index contributed by atoms with van der Waals surface area (Å²) >= 11 is 0. The van der Waals surface area contributed by atoms with Crippen LogP contribution in [-0.2, 0) is 9.53 Å². The Morgan fingerprint density at radius 3 is 2.88 bits per heavy atom. The van der Waals surface area contributed by atoms with Crippen molar-refractivity contribution in [3.63, 3.8) is 0 Å². The summed E-state index contributed by atoms with van der Waals surface area (Å²) in [7, 11) is 0. The van der Waals surface area contributed by atoms with Crippen molar-refractivity contribution in [3.05, 3.63) is 29.8 Å². The van der Waals surface area contributed by atoms with Crippen LogP contribution in [0.25, 0.3) is 0 Å². The Hall–Kier alpha value is -1.84. The van der Waals surface area contributed by atoms with Gasteiger partial charge in [-0.3, -0.25) is 4.79 Å². The molecule has 0 radical (unpaired) electrons. The summed E-state index contributed by atoms with van der Waals surface area (Å²) in [4.78, 5) is 23.7. The van der Waals surface area contributed by atoms with Gasteiger partial charge in [-0.15, -0.1) is 0 Å². The lowest BCUT2D eigenvalue weighted by atomic mass is 9.91. The molecule has 90 valence electrons. The van der Waals surface area contributed by atoms with Gasteiger partial charge in [0.2, 0.25) is 5.60 Å². The highest BCUT2D eigenvalue weighted by Gasteiger charge is 2.44. The van der Waals surface area contributed by atoms with Crippen LogP contribution in [0.2, 0.25) is 0 Å². The molecule has 1 aliphatic rings. The van der Waals surface area contributed by atoms with Gasteiger partial charge in [0.15, 0.2) is 5.78 Å². The number of Topliss-reactive ketones (excluding diaryl/α,β-unsaturated/α-hetero) is 1. The fourth-order valence-electron chi connectivity index (χ4n) is 1.86. The van der Waals surface area contributed by atoms with Crippen LogP contribution >= 0.6 is 0 Å². The molecule has 1 heterocycles. The average molecular weight is 234 g/mol. The zero-order valence-electron chi connectivity index (χ0n) is 9.86. The summed E-state index contributed by atoms with van der Waals surface area (Å²) in [5.41, 5.74) is -0.684. The zero-order chi connectivity index (χ0) is 12.5. The number of hydrogen-bond acceptors (Lipinski definition) is 4. The first-order valence-electron chi connectivity index (χ1n) is 5.55. The monoisotopic (exact) mass is 234 g/mol. The Morgan fingerprint density at radius 2 is 2.18 bits per heavy atom. The van der Waals surface area contributed by atoms with Crippen molar-refractivity contribution in [2.45, 2.75) is 25.9 Å². The topological polar surface area (TPSA) is 52.6 Å². The smallest absolute Gasteiger partial charge is 0.350 e. The van der Waals surface area contributed by atoms with Gasteiger partial charge in [0, 0.05) is 0 Å². The molecular formula is C13H14O4. The van der Waals surface area contributed by atoms with Gasteiger partial charge >= 0.3 is 5.97 Å². The van der Waals surface area contributed by atoms with E-state index in [-0.39, 0.29) is 18.8 Å². The van der Waals surface area contributed by atoms with Crippen LogP contribution in [0, 0.1) is 0 Å². The van der Waals surface area contributed by atoms with Crippen molar-refractivity contribution in [1.29, 1.82) is 0 Å². The van der Waals surface area contributed by atoms with Gasteiger partial charge in [0.1, 0.15) is 5.75 Å². The van der Waals surface area contributed by atoms with Gasteiger partial charge in [-0.05, 0) is 26.0 Å². The van der Waals surface area contributed by atoms with E-state index in [1.807, 2.05) is 0 Å². The molecule has 0 aromatic heterocycles. The standard InChI is InChI=1S/C13H14O4/c1-3-16-12(15)13(2)8-10(14)9-6-4-5-7-11(9)17-13/h4-7H,3,8H2,1-2H3. The second-order valence-corrected chi connectivity index (χ2v) is 4.15. The summed E-state index contributed by atoms with van der Waals surface area (Å²) < 4.78 is 10.5. The van der Waals surface area contributed by atoms with Crippen molar-refractivity contribution < 1.29 is 19.1 Å². The summed E-state index contributed by atoms with van der Waals surface area (Å²) in [5.74, 6) is -0.149. The molecule has 2 rings (SSSR count). The summed E-state index contributed by atoms with van der Waals surface area (Å²) in [6.45, 7) is 3.58. The van der Waals surface area contributed by atoms with Crippen molar-refractivity contribution in [2.75, 3.05) is 6.61 Å². The number of hydrogen-bond donors (Lipinski definition) is 0. The molecule has 4 nitrogen and oxygen atoms in total. The minimum absolute atomic E-state index is 0.0167. The van der Waals surface area contributed by atoms with Crippen LogP contribution < -0.4 is 4.74 Å². The number of carbonyl (C=O) groups is 2. The van der Waals surface area contributed by atoms with Crippen molar-refractivity contribution in [2.24, 2.45) is 0 Å². The van der Waals surface area contributed by atoms with Crippen molar-refractivity contribution in [3.8, 4) is 5.75 Å². The molecule has 1 aromatic rings. The predicted molar refractivity (Wildman–Crippen MR) is 61.1 cm³/mol. The highest BCUT2D eigenvalue weighted by atomic mass is 16.6. The number of benzene rings is 1. The van der Waals surface area contributed by atoms with Crippen LogP contribution in [0.3, 0.4) is 0 Å². The van der Waals surface area contributed by atoms with Gasteiger partial charge in [-0.25, -0.2) is 4.79 Å². The van der Waals surface area contributed by atoms with E-state index in [2.05, 4.69) is 0 Å². The first-order chi connectivity index (χ1) is 8.07. The van der Waals surface area contributed by atoms with Crippen LogP contribution in [0.15, 0.2) is 24.3 Å². The molecule has 0 N–H and O–H groups in total. The maximum absolute atomic E-state index is 11.9. The molecule has 0 bridgehead atoms. The molecule has 17 heavy (non-hydrogen) atoms. The maximum Gasteiger partial charge on any atom is 0.350 e. The number of ether oxygens (including phenoxy) is 2. The van der Waals surface area contributed by atoms with E-state index < -0.39 is 11.6 Å². The predicted octanol–water partition coefficient (Wildman–Crippen LogP) is 1.97. The molecule has 0 amide bonds. The Kier molecular flexibility index (Phi) is 2.88. The number of carbonyl (C=O) groups excluding carboxylic acids is 2. The number of rotatable bonds is 2. The Morgan fingerprint density at radius 1 is 1.47 bits per heavy atom. The van der Waals surface area contributed by atoms with E-state index >= 15 is 0 Å². The summed E-state index contributed by atoms with van der Waals surface area (Å²) in [6, 6.07) is 6.92. The Balaban J connectivity index is 2.33. The molecule has 0 saturated heterocycles. The number of esters is 1. The lowest BCUT2D eigenvalue weighted by Gasteiger charge is -2.32.